The van der Waals surface area contributed by atoms with Crippen LogP contribution >= 0.6 is 35.0 Å². The van der Waals surface area contributed by atoms with Crippen LogP contribution in [0, 0.1) is 0 Å². The van der Waals surface area contributed by atoms with E-state index >= 15 is 0 Å². The number of halogens is 5. The Balaban J connectivity index is 1.61. The molecule has 0 atom stereocenters. The molecule has 1 aromatic heterocycles. The third kappa shape index (κ3) is 4.78. The molecule has 0 radical (unpaired) electrons. The topological polar surface area (TPSA) is 37.8 Å². The second-order valence-corrected chi connectivity index (χ2v) is 9.32. The first kappa shape index (κ1) is 22.8. The van der Waals surface area contributed by atoms with Gasteiger partial charge in [-0.1, -0.05) is 59.2 Å². The van der Waals surface area contributed by atoms with Gasteiger partial charge in [-0.25, -0.2) is 9.97 Å². The van der Waals surface area contributed by atoms with Crippen molar-refractivity contribution < 1.29 is 13.2 Å². The summed E-state index contributed by atoms with van der Waals surface area (Å²) >= 11 is 13.8. The van der Waals surface area contributed by atoms with Crippen LogP contribution in [-0.4, -0.2) is 9.97 Å². The second-order valence-electron chi connectivity index (χ2n) is 7.44. The van der Waals surface area contributed by atoms with Gasteiger partial charge >= 0.3 is 6.18 Å². The molecule has 5 aromatic rings. The first-order chi connectivity index (χ1) is 16.3. The lowest BCUT2D eigenvalue weighted by molar-refractivity contribution is -0.137. The highest BCUT2D eigenvalue weighted by Gasteiger charge is 2.30. The average Bonchev–Trinajstić information content (AvgIpc) is 2.80. The summed E-state index contributed by atoms with van der Waals surface area (Å²) in [5, 5.41) is 6.65. The molecule has 34 heavy (non-hydrogen) atoms. The molecule has 0 aliphatic heterocycles. The molecule has 5 rings (SSSR count). The Hall–Kier alpha value is -3.00. The lowest BCUT2D eigenvalue weighted by Crippen LogP contribution is -2.05. The van der Waals surface area contributed by atoms with E-state index in [0.29, 0.717) is 42.5 Å². The molecular weight excluding hydrogens is 502 g/mol. The van der Waals surface area contributed by atoms with Crippen molar-refractivity contribution >= 4 is 68.3 Å². The Morgan fingerprint density at radius 1 is 0.765 bits per heavy atom. The SMILES string of the molecule is FC(F)(F)c1ccc(Nc2nc3cc4ccccc4cc3nc2Sc2cc(Cl)ccc2Cl)cc1. The predicted octanol–water partition coefficient (Wildman–Crippen LogP) is 9.00. The third-order valence-electron chi connectivity index (χ3n) is 5.07. The first-order valence-corrected chi connectivity index (χ1v) is 11.6. The minimum atomic E-state index is -4.41. The zero-order valence-electron chi connectivity index (χ0n) is 17.2. The third-order valence-corrected chi connectivity index (χ3v) is 6.79. The molecule has 1 N–H and O–H groups in total. The van der Waals surface area contributed by atoms with E-state index in [1.165, 1.54) is 23.9 Å². The molecule has 9 heteroatoms. The van der Waals surface area contributed by atoms with Gasteiger partial charge in [0.2, 0.25) is 0 Å². The molecule has 0 spiro atoms. The zero-order chi connectivity index (χ0) is 23.9. The van der Waals surface area contributed by atoms with Crippen LogP contribution in [0.2, 0.25) is 10.0 Å². The summed E-state index contributed by atoms with van der Waals surface area (Å²) in [6, 6.07) is 21.6. The van der Waals surface area contributed by atoms with Crippen LogP contribution in [0.4, 0.5) is 24.7 Å². The Kier molecular flexibility index (Phi) is 6.02. The summed E-state index contributed by atoms with van der Waals surface area (Å²) < 4.78 is 38.9. The zero-order valence-corrected chi connectivity index (χ0v) is 19.5. The van der Waals surface area contributed by atoms with Crippen LogP contribution in [0.3, 0.4) is 0 Å². The smallest absolute Gasteiger partial charge is 0.338 e. The standard InChI is InChI=1S/C25H14Cl2F3N3S/c26-17-7-10-19(27)22(13-17)34-24-23(31-18-8-5-16(6-9-18)25(28,29)30)32-20-11-14-3-1-2-4-15(14)12-21(20)33-24/h1-13H,(H,31,32). The van der Waals surface area contributed by atoms with Gasteiger partial charge in [0.25, 0.3) is 0 Å². The van der Waals surface area contributed by atoms with E-state index in [1.807, 2.05) is 36.4 Å². The highest BCUT2D eigenvalue weighted by Crippen LogP contribution is 2.39. The first-order valence-electron chi connectivity index (χ1n) is 10.0. The summed E-state index contributed by atoms with van der Waals surface area (Å²) in [6.45, 7) is 0. The number of hydrogen-bond acceptors (Lipinski definition) is 4. The number of benzene rings is 4. The number of nitrogens with one attached hydrogen (secondary N) is 1. The number of anilines is 2. The highest BCUT2D eigenvalue weighted by molar-refractivity contribution is 7.99. The maximum absolute atomic E-state index is 13.0. The Morgan fingerprint density at radius 2 is 1.41 bits per heavy atom. The van der Waals surface area contributed by atoms with E-state index in [9.17, 15) is 13.2 Å². The minimum absolute atomic E-state index is 0.392. The van der Waals surface area contributed by atoms with Gasteiger partial charge in [-0.2, -0.15) is 13.2 Å². The van der Waals surface area contributed by atoms with Crippen LogP contribution in [0.15, 0.2) is 88.8 Å². The van der Waals surface area contributed by atoms with Crippen LogP contribution in [0.5, 0.6) is 0 Å². The monoisotopic (exact) mass is 515 g/mol. The number of alkyl halides is 3. The van der Waals surface area contributed by atoms with Gasteiger partial charge < -0.3 is 5.32 Å². The predicted molar refractivity (Wildman–Crippen MR) is 132 cm³/mol. The van der Waals surface area contributed by atoms with Crippen molar-refractivity contribution in [2.24, 2.45) is 0 Å². The van der Waals surface area contributed by atoms with Gasteiger partial charge in [0.15, 0.2) is 5.82 Å². The van der Waals surface area contributed by atoms with E-state index in [2.05, 4.69) is 5.32 Å². The van der Waals surface area contributed by atoms with Gasteiger partial charge in [0.05, 0.1) is 21.6 Å². The summed E-state index contributed by atoms with van der Waals surface area (Å²) in [5.41, 5.74) is 1.04. The number of hydrogen-bond donors (Lipinski definition) is 1. The van der Waals surface area contributed by atoms with E-state index in [4.69, 9.17) is 33.2 Å². The molecular formula is C25H14Cl2F3N3S. The maximum atomic E-state index is 13.0. The van der Waals surface area contributed by atoms with Gasteiger partial charge in [0, 0.05) is 15.6 Å². The van der Waals surface area contributed by atoms with Crippen molar-refractivity contribution in [3.8, 4) is 0 Å². The normalized spacial score (nSPS) is 11.8. The van der Waals surface area contributed by atoms with E-state index < -0.39 is 11.7 Å². The van der Waals surface area contributed by atoms with E-state index in [1.54, 1.807) is 18.2 Å². The molecule has 4 aromatic carbocycles. The van der Waals surface area contributed by atoms with Crippen molar-refractivity contribution in [3.05, 3.63) is 94.5 Å². The quantitative estimate of drug-likeness (QED) is 0.242. The van der Waals surface area contributed by atoms with Crippen molar-refractivity contribution in [2.45, 2.75) is 16.1 Å². The summed E-state index contributed by atoms with van der Waals surface area (Å²) in [5.74, 6) is 0.392. The lowest BCUT2D eigenvalue weighted by Gasteiger charge is -2.14. The second kappa shape index (κ2) is 8.98. The fraction of sp³-hybridized carbons (Fsp3) is 0.0400. The van der Waals surface area contributed by atoms with E-state index in [-0.39, 0.29) is 0 Å². The molecule has 1 heterocycles. The van der Waals surface area contributed by atoms with Gasteiger partial charge in [-0.05, 0) is 65.4 Å². The average molecular weight is 516 g/mol. The lowest BCUT2D eigenvalue weighted by atomic mass is 10.1. The maximum Gasteiger partial charge on any atom is 0.416 e. The van der Waals surface area contributed by atoms with Crippen molar-refractivity contribution in [1.29, 1.82) is 0 Å². The Morgan fingerprint density at radius 3 is 2.06 bits per heavy atom. The largest absolute Gasteiger partial charge is 0.416 e. The summed E-state index contributed by atoms with van der Waals surface area (Å²) in [7, 11) is 0. The van der Waals surface area contributed by atoms with Crippen molar-refractivity contribution in [3.63, 3.8) is 0 Å². The Labute approximate surface area is 206 Å². The summed E-state index contributed by atoms with van der Waals surface area (Å²) in [6.07, 6.45) is -4.41. The molecule has 0 bridgehead atoms. The fourth-order valence-corrected chi connectivity index (χ4v) is 4.78. The molecule has 3 nitrogen and oxygen atoms in total. The Bertz CT molecular complexity index is 1520. The number of aromatic nitrogens is 2. The van der Waals surface area contributed by atoms with Crippen LogP contribution in [0.1, 0.15) is 5.56 Å². The molecule has 0 amide bonds. The number of rotatable bonds is 4. The molecule has 0 saturated heterocycles. The molecule has 0 saturated carbocycles. The number of fused-ring (bicyclic) bond motifs is 2. The van der Waals surface area contributed by atoms with Gasteiger partial charge in [0.1, 0.15) is 5.03 Å². The highest BCUT2D eigenvalue weighted by atomic mass is 35.5. The van der Waals surface area contributed by atoms with Crippen molar-refractivity contribution in [2.75, 3.05) is 5.32 Å². The molecule has 0 aliphatic carbocycles. The number of nitrogens with zero attached hydrogens (tertiary/aromatic N) is 2. The van der Waals surface area contributed by atoms with Crippen molar-refractivity contribution in [1.82, 2.24) is 9.97 Å². The fourth-order valence-electron chi connectivity index (χ4n) is 3.42. The molecule has 0 aliphatic rings. The molecule has 0 unspecified atom stereocenters. The van der Waals surface area contributed by atoms with Gasteiger partial charge in [-0.15, -0.1) is 0 Å². The molecule has 0 fully saturated rings. The van der Waals surface area contributed by atoms with Crippen LogP contribution in [-0.2, 0) is 6.18 Å². The van der Waals surface area contributed by atoms with Gasteiger partial charge in [-0.3, -0.25) is 0 Å². The van der Waals surface area contributed by atoms with Crippen LogP contribution < -0.4 is 5.32 Å². The van der Waals surface area contributed by atoms with E-state index in [0.717, 1.165) is 22.9 Å². The molecule has 170 valence electrons. The summed E-state index contributed by atoms with van der Waals surface area (Å²) in [4.78, 5) is 10.2. The minimum Gasteiger partial charge on any atom is -0.338 e. The van der Waals surface area contributed by atoms with Crippen LogP contribution in [0.25, 0.3) is 21.8 Å².